The average Bonchev–Trinajstić information content (AvgIpc) is 3.50. The third-order valence-corrected chi connectivity index (χ3v) is 7.48. The molecule has 3 heterocycles. The summed E-state index contributed by atoms with van der Waals surface area (Å²) in [7, 11) is 1.68. The van der Waals surface area contributed by atoms with E-state index in [0.717, 1.165) is 61.5 Å². The summed E-state index contributed by atoms with van der Waals surface area (Å²) in [5.41, 5.74) is 3.29. The molecule has 186 valence electrons. The van der Waals surface area contributed by atoms with Crippen molar-refractivity contribution >= 4 is 35.0 Å². The molecule has 0 spiro atoms. The Hall–Kier alpha value is -2.55. The maximum atomic E-state index is 11.7. The Kier molecular flexibility index (Phi) is 6.79. The van der Waals surface area contributed by atoms with Gasteiger partial charge in [-0.2, -0.15) is 5.10 Å². The molecule has 10 heteroatoms. The van der Waals surface area contributed by atoms with Crippen molar-refractivity contribution < 1.29 is 19.2 Å². The monoisotopic (exact) mass is 518 g/mol. The summed E-state index contributed by atoms with van der Waals surface area (Å²) < 4.78 is 13.6. The van der Waals surface area contributed by atoms with Gasteiger partial charge in [0.25, 0.3) is 0 Å². The summed E-state index contributed by atoms with van der Waals surface area (Å²) in [4.78, 5) is 13.8. The number of benzene rings is 1. The van der Waals surface area contributed by atoms with Crippen LogP contribution in [0.3, 0.4) is 0 Å². The van der Waals surface area contributed by atoms with E-state index in [1.807, 2.05) is 13.0 Å². The third-order valence-electron chi connectivity index (χ3n) is 6.85. The van der Waals surface area contributed by atoms with Crippen LogP contribution in [0.2, 0.25) is 10.0 Å². The Labute approximate surface area is 213 Å². The molecule has 5 rings (SSSR count). The number of halogens is 2. The van der Waals surface area contributed by atoms with Crippen molar-refractivity contribution in [3.63, 3.8) is 0 Å². The van der Waals surface area contributed by atoms with Crippen molar-refractivity contribution in [3.05, 3.63) is 50.8 Å². The van der Waals surface area contributed by atoms with Crippen LogP contribution in [0.1, 0.15) is 65.9 Å². The summed E-state index contributed by atoms with van der Waals surface area (Å²) in [5.74, 6) is 1.06. The van der Waals surface area contributed by atoms with Crippen LogP contribution in [-0.4, -0.2) is 45.2 Å². The number of ether oxygens (including phenoxy) is 1. The second-order valence-electron chi connectivity index (χ2n) is 9.18. The van der Waals surface area contributed by atoms with Gasteiger partial charge < -0.3 is 19.3 Å². The summed E-state index contributed by atoms with van der Waals surface area (Å²) in [5, 5.41) is 19.5. The molecule has 1 saturated heterocycles. The number of aromatic nitrogens is 3. The SMILES string of the molecule is CCc1c(N2CCC(OCc3c(-c4c(Cl)cccc4Cl)noc3C3CC3)CC2)nn(C)c1C(=O)O. The zero-order valence-electron chi connectivity index (χ0n) is 19.8. The van der Waals surface area contributed by atoms with E-state index in [-0.39, 0.29) is 11.8 Å². The summed E-state index contributed by atoms with van der Waals surface area (Å²) in [6, 6.07) is 5.41. The highest BCUT2D eigenvalue weighted by molar-refractivity contribution is 6.39. The van der Waals surface area contributed by atoms with Gasteiger partial charge in [-0.3, -0.25) is 4.68 Å². The summed E-state index contributed by atoms with van der Waals surface area (Å²) in [6.45, 7) is 3.83. The van der Waals surface area contributed by atoms with E-state index in [9.17, 15) is 9.90 Å². The molecule has 0 radical (unpaired) electrons. The lowest BCUT2D eigenvalue weighted by molar-refractivity contribution is 0.0245. The van der Waals surface area contributed by atoms with Gasteiger partial charge in [0.1, 0.15) is 11.5 Å². The molecule has 0 unspecified atom stereocenters. The van der Waals surface area contributed by atoms with Gasteiger partial charge in [0.2, 0.25) is 0 Å². The number of nitrogens with zero attached hydrogens (tertiary/aromatic N) is 4. The van der Waals surface area contributed by atoms with Gasteiger partial charge in [0.15, 0.2) is 11.5 Å². The van der Waals surface area contributed by atoms with Crippen molar-refractivity contribution in [1.82, 2.24) is 14.9 Å². The Morgan fingerprint density at radius 1 is 1.17 bits per heavy atom. The zero-order valence-corrected chi connectivity index (χ0v) is 21.3. The maximum Gasteiger partial charge on any atom is 0.354 e. The third kappa shape index (κ3) is 4.67. The first-order valence-corrected chi connectivity index (χ1v) is 12.7. The van der Waals surface area contributed by atoms with E-state index in [1.54, 1.807) is 19.2 Å². The Balaban J connectivity index is 1.29. The van der Waals surface area contributed by atoms with E-state index < -0.39 is 5.97 Å². The lowest BCUT2D eigenvalue weighted by atomic mass is 10.0. The molecule has 1 saturated carbocycles. The minimum Gasteiger partial charge on any atom is -0.477 e. The zero-order chi connectivity index (χ0) is 24.7. The predicted molar refractivity (Wildman–Crippen MR) is 134 cm³/mol. The fourth-order valence-electron chi connectivity index (χ4n) is 4.88. The molecule has 2 aliphatic rings. The number of rotatable bonds is 8. The molecule has 0 atom stereocenters. The van der Waals surface area contributed by atoms with Gasteiger partial charge in [-0.1, -0.05) is 41.3 Å². The van der Waals surface area contributed by atoms with Crippen LogP contribution >= 0.6 is 23.2 Å². The van der Waals surface area contributed by atoms with E-state index in [2.05, 4.69) is 15.2 Å². The minimum atomic E-state index is -0.948. The summed E-state index contributed by atoms with van der Waals surface area (Å²) >= 11 is 12.9. The highest BCUT2D eigenvalue weighted by Crippen LogP contribution is 2.46. The molecule has 1 aliphatic heterocycles. The van der Waals surface area contributed by atoms with Gasteiger partial charge in [0, 0.05) is 42.7 Å². The van der Waals surface area contributed by atoms with Gasteiger partial charge >= 0.3 is 5.97 Å². The predicted octanol–water partition coefficient (Wildman–Crippen LogP) is 5.71. The molecule has 2 aromatic heterocycles. The van der Waals surface area contributed by atoms with E-state index in [0.29, 0.717) is 40.2 Å². The fraction of sp³-hybridized carbons (Fsp3) is 0.480. The second kappa shape index (κ2) is 9.84. The number of carboxylic acid groups (broad SMARTS) is 1. The summed E-state index contributed by atoms with van der Waals surface area (Å²) in [6.07, 6.45) is 4.47. The number of carbonyl (C=O) groups is 1. The number of anilines is 1. The van der Waals surface area contributed by atoms with Crippen molar-refractivity contribution in [3.8, 4) is 11.3 Å². The highest BCUT2D eigenvalue weighted by Gasteiger charge is 2.34. The number of aromatic carboxylic acids is 1. The van der Waals surface area contributed by atoms with Crippen LogP contribution in [0.15, 0.2) is 22.7 Å². The van der Waals surface area contributed by atoms with Crippen LogP contribution in [0, 0.1) is 0 Å². The first-order chi connectivity index (χ1) is 16.9. The van der Waals surface area contributed by atoms with Gasteiger partial charge in [-0.15, -0.1) is 0 Å². The smallest absolute Gasteiger partial charge is 0.354 e. The van der Waals surface area contributed by atoms with E-state index >= 15 is 0 Å². The quantitative estimate of drug-likeness (QED) is 0.408. The van der Waals surface area contributed by atoms with E-state index in [1.165, 1.54) is 4.68 Å². The van der Waals surface area contributed by atoms with Crippen molar-refractivity contribution in [2.24, 2.45) is 7.05 Å². The fourth-order valence-corrected chi connectivity index (χ4v) is 5.46. The largest absolute Gasteiger partial charge is 0.477 e. The molecule has 0 bridgehead atoms. The lowest BCUT2D eigenvalue weighted by Crippen LogP contribution is -2.37. The highest BCUT2D eigenvalue weighted by atomic mass is 35.5. The number of hydrogen-bond donors (Lipinski definition) is 1. The Morgan fingerprint density at radius 2 is 1.86 bits per heavy atom. The second-order valence-corrected chi connectivity index (χ2v) is 9.99. The Morgan fingerprint density at radius 3 is 2.46 bits per heavy atom. The molecule has 1 N–H and O–H groups in total. The molecule has 35 heavy (non-hydrogen) atoms. The first-order valence-electron chi connectivity index (χ1n) is 12.0. The van der Waals surface area contributed by atoms with Crippen LogP contribution in [0.5, 0.6) is 0 Å². The van der Waals surface area contributed by atoms with Crippen LogP contribution in [0.25, 0.3) is 11.3 Å². The molecule has 1 aromatic carbocycles. The molecule has 8 nitrogen and oxygen atoms in total. The van der Waals surface area contributed by atoms with Crippen LogP contribution in [0.4, 0.5) is 5.82 Å². The number of hydrogen-bond acceptors (Lipinski definition) is 6. The molecule has 0 amide bonds. The van der Waals surface area contributed by atoms with Crippen LogP contribution in [-0.2, 0) is 24.8 Å². The number of carboxylic acids is 1. The lowest BCUT2D eigenvalue weighted by Gasteiger charge is -2.32. The number of aryl methyl sites for hydroxylation is 1. The van der Waals surface area contributed by atoms with Crippen molar-refractivity contribution in [2.75, 3.05) is 18.0 Å². The van der Waals surface area contributed by atoms with Gasteiger partial charge in [-0.05, 0) is 44.2 Å². The van der Waals surface area contributed by atoms with Crippen LogP contribution < -0.4 is 4.90 Å². The van der Waals surface area contributed by atoms with Gasteiger partial charge in [0.05, 0.1) is 22.8 Å². The molecular formula is C25H28Cl2N4O4. The Bertz CT molecular complexity index is 1220. The molecular weight excluding hydrogens is 491 g/mol. The van der Waals surface area contributed by atoms with E-state index in [4.69, 9.17) is 32.5 Å². The van der Waals surface area contributed by atoms with Crippen molar-refractivity contribution in [1.29, 1.82) is 0 Å². The normalized spacial score (nSPS) is 16.7. The molecule has 1 aliphatic carbocycles. The maximum absolute atomic E-state index is 11.7. The number of piperidine rings is 1. The molecule has 3 aromatic rings. The van der Waals surface area contributed by atoms with Crippen molar-refractivity contribution in [2.45, 2.75) is 57.7 Å². The topological polar surface area (TPSA) is 93.6 Å². The average molecular weight is 519 g/mol. The minimum absolute atomic E-state index is 0.0653. The molecule has 2 fully saturated rings. The standard InChI is InChI=1S/C25H28Cl2N4O4/c1-3-16-22(25(32)33)30(2)28-24(16)31-11-9-15(10-12-31)34-13-17-21(29-35-23(17)14-7-8-14)20-18(26)5-4-6-19(20)27/h4-6,14-15H,3,7-13H2,1-2H3,(H,32,33). The first kappa shape index (κ1) is 24.2. The van der Waals surface area contributed by atoms with Gasteiger partial charge in [-0.25, -0.2) is 4.79 Å².